The van der Waals surface area contributed by atoms with Crippen LogP contribution in [0.4, 0.5) is 0 Å². The highest BCUT2D eigenvalue weighted by molar-refractivity contribution is 6.30. The first-order chi connectivity index (χ1) is 13.4. The predicted octanol–water partition coefficient (Wildman–Crippen LogP) is 3.97. The van der Waals surface area contributed by atoms with Crippen LogP contribution in [0.2, 0.25) is 5.02 Å². The molecule has 5 nitrogen and oxygen atoms in total. The van der Waals surface area contributed by atoms with Crippen LogP contribution >= 0.6 is 11.6 Å². The zero-order chi connectivity index (χ0) is 20.5. The van der Waals surface area contributed by atoms with Crippen LogP contribution in [0.5, 0.6) is 5.75 Å². The highest BCUT2D eigenvalue weighted by Gasteiger charge is 2.26. The summed E-state index contributed by atoms with van der Waals surface area (Å²) in [6.07, 6.45) is 0.837. The van der Waals surface area contributed by atoms with Gasteiger partial charge in [-0.2, -0.15) is 0 Å². The van der Waals surface area contributed by atoms with Gasteiger partial charge >= 0.3 is 0 Å². The first kappa shape index (κ1) is 21.8. The Bertz CT molecular complexity index is 775. The highest BCUT2D eigenvalue weighted by Crippen LogP contribution is 2.16. The van der Waals surface area contributed by atoms with E-state index in [1.807, 2.05) is 38.1 Å². The molecule has 0 radical (unpaired) electrons. The van der Waals surface area contributed by atoms with E-state index in [0.717, 1.165) is 17.5 Å². The number of hydrogen-bond donors (Lipinski definition) is 1. The molecule has 1 N–H and O–H groups in total. The number of nitrogens with zero attached hydrogens (tertiary/aromatic N) is 1. The Balaban J connectivity index is 2.10. The zero-order valence-corrected chi connectivity index (χ0v) is 17.3. The molecule has 2 rings (SSSR count). The van der Waals surface area contributed by atoms with E-state index < -0.39 is 6.04 Å². The Kier molecular flexibility index (Phi) is 8.33. The Morgan fingerprint density at radius 1 is 1.11 bits per heavy atom. The van der Waals surface area contributed by atoms with Gasteiger partial charge < -0.3 is 15.0 Å². The van der Waals surface area contributed by atoms with Gasteiger partial charge in [-0.1, -0.05) is 48.4 Å². The molecular formula is C22H27ClN2O3. The summed E-state index contributed by atoms with van der Waals surface area (Å²) < 4.78 is 5.59. The normalized spacial score (nSPS) is 11.6. The lowest BCUT2D eigenvalue weighted by Crippen LogP contribution is -2.49. The number of amides is 2. The third kappa shape index (κ3) is 6.57. The second-order valence-corrected chi connectivity index (χ2v) is 7.15. The van der Waals surface area contributed by atoms with Crippen molar-refractivity contribution < 1.29 is 14.3 Å². The van der Waals surface area contributed by atoms with Crippen molar-refractivity contribution in [2.24, 2.45) is 0 Å². The predicted molar refractivity (Wildman–Crippen MR) is 111 cm³/mol. The fourth-order valence-corrected chi connectivity index (χ4v) is 2.75. The Morgan fingerprint density at radius 2 is 1.75 bits per heavy atom. The topological polar surface area (TPSA) is 58.6 Å². The molecule has 0 heterocycles. The number of hydrogen-bond acceptors (Lipinski definition) is 3. The zero-order valence-electron chi connectivity index (χ0n) is 16.6. The number of carbonyl (C=O) groups is 2. The van der Waals surface area contributed by atoms with E-state index >= 15 is 0 Å². The van der Waals surface area contributed by atoms with Gasteiger partial charge in [0.2, 0.25) is 5.91 Å². The van der Waals surface area contributed by atoms with E-state index in [-0.39, 0.29) is 18.4 Å². The van der Waals surface area contributed by atoms with Crippen LogP contribution in [-0.2, 0) is 16.1 Å². The van der Waals surface area contributed by atoms with Crippen LogP contribution < -0.4 is 10.1 Å². The summed E-state index contributed by atoms with van der Waals surface area (Å²) in [7, 11) is 0. The third-order valence-corrected chi connectivity index (χ3v) is 4.62. The molecule has 150 valence electrons. The summed E-state index contributed by atoms with van der Waals surface area (Å²) in [6.45, 7) is 6.49. The molecule has 2 aromatic carbocycles. The van der Waals surface area contributed by atoms with Crippen LogP contribution in [0.3, 0.4) is 0 Å². The van der Waals surface area contributed by atoms with Crippen molar-refractivity contribution in [2.45, 2.75) is 39.8 Å². The van der Waals surface area contributed by atoms with Crippen molar-refractivity contribution in [1.82, 2.24) is 10.2 Å². The average molecular weight is 403 g/mol. The van der Waals surface area contributed by atoms with Gasteiger partial charge in [-0.15, -0.1) is 0 Å². The third-order valence-electron chi connectivity index (χ3n) is 4.37. The summed E-state index contributed by atoms with van der Waals surface area (Å²) >= 11 is 5.87. The van der Waals surface area contributed by atoms with Gasteiger partial charge in [0.1, 0.15) is 11.8 Å². The maximum Gasteiger partial charge on any atom is 0.261 e. The molecule has 0 spiro atoms. The van der Waals surface area contributed by atoms with E-state index in [9.17, 15) is 9.59 Å². The molecule has 0 aliphatic carbocycles. The van der Waals surface area contributed by atoms with E-state index in [1.165, 1.54) is 0 Å². The molecular weight excluding hydrogens is 376 g/mol. The molecule has 0 aromatic heterocycles. The fourth-order valence-electron chi connectivity index (χ4n) is 2.63. The Labute approximate surface area is 171 Å². The van der Waals surface area contributed by atoms with Crippen molar-refractivity contribution in [2.75, 3.05) is 13.2 Å². The second kappa shape index (κ2) is 10.7. The molecule has 6 heteroatoms. The highest BCUT2D eigenvalue weighted by atomic mass is 35.5. The summed E-state index contributed by atoms with van der Waals surface area (Å²) in [5.74, 6) is 0.125. The van der Waals surface area contributed by atoms with Crippen molar-refractivity contribution in [1.29, 1.82) is 0 Å². The van der Waals surface area contributed by atoms with Gasteiger partial charge in [0.05, 0.1) is 0 Å². The second-order valence-electron chi connectivity index (χ2n) is 6.72. The standard InChI is InChI=1S/C22H27ClN2O3/c1-4-13-24-22(27)17(3)25(14-18-7-5-16(2)6-8-18)21(26)15-28-20-11-9-19(23)10-12-20/h5-12,17H,4,13-15H2,1-3H3,(H,24,27)/t17-/m0/s1. The van der Waals surface area contributed by atoms with Gasteiger partial charge in [0, 0.05) is 18.1 Å². The number of rotatable bonds is 9. The minimum Gasteiger partial charge on any atom is -0.484 e. The van der Waals surface area contributed by atoms with Gasteiger partial charge in [0.25, 0.3) is 5.91 Å². The maximum absolute atomic E-state index is 12.9. The summed E-state index contributed by atoms with van der Waals surface area (Å²) in [5.41, 5.74) is 2.10. The van der Waals surface area contributed by atoms with E-state index in [2.05, 4.69) is 5.32 Å². The number of carbonyl (C=O) groups excluding carboxylic acids is 2. The van der Waals surface area contributed by atoms with Gasteiger partial charge in [-0.3, -0.25) is 9.59 Å². The monoisotopic (exact) mass is 402 g/mol. The van der Waals surface area contributed by atoms with Crippen LogP contribution in [0.1, 0.15) is 31.4 Å². The lowest BCUT2D eigenvalue weighted by Gasteiger charge is -2.28. The molecule has 0 fully saturated rings. The van der Waals surface area contributed by atoms with Crippen molar-refractivity contribution >= 4 is 23.4 Å². The molecule has 0 aliphatic rings. The molecule has 2 amide bonds. The summed E-state index contributed by atoms with van der Waals surface area (Å²) in [5, 5.41) is 3.45. The molecule has 0 saturated heterocycles. The minimum atomic E-state index is -0.603. The molecule has 1 atom stereocenters. The molecule has 0 aliphatic heterocycles. The minimum absolute atomic E-state index is 0.154. The number of benzene rings is 2. The van der Waals surface area contributed by atoms with Gasteiger partial charge in [-0.05, 0) is 50.1 Å². The molecule has 2 aromatic rings. The largest absolute Gasteiger partial charge is 0.484 e. The summed E-state index contributed by atoms with van der Waals surface area (Å²) in [6, 6.07) is 14.1. The first-order valence-electron chi connectivity index (χ1n) is 9.41. The summed E-state index contributed by atoms with van der Waals surface area (Å²) in [4.78, 5) is 26.9. The fraction of sp³-hybridized carbons (Fsp3) is 0.364. The number of ether oxygens (including phenoxy) is 1. The first-order valence-corrected chi connectivity index (χ1v) is 9.79. The van der Waals surface area contributed by atoms with E-state index in [0.29, 0.717) is 23.9 Å². The lowest BCUT2D eigenvalue weighted by atomic mass is 10.1. The number of halogens is 1. The quantitative estimate of drug-likeness (QED) is 0.690. The Hall–Kier alpha value is -2.53. The van der Waals surface area contributed by atoms with E-state index in [1.54, 1.807) is 36.1 Å². The van der Waals surface area contributed by atoms with Gasteiger partial charge in [0.15, 0.2) is 6.61 Å². The molecule has 28 heavy (non-hydrogen) atoms. The van der Waals surface area contributed by atoms with Crippen LogP contribution in [0.25, 0.3) is 0 Å². The van der Waals surface area contributed by atoms with Crippen LogP contribution in [0.15, 0.2) is 48.5 Å². The van der Waals surface area contributed by atoms with Crippen molar-refractivity contribution in [3.05, 3.63) is 64.7 Å². The SMILES string of the molecule is CCCNC(=O)[C@H](C)N(Cc1ccc(C)cc1)C(=O)COc1ccc(Cl)cc1. The van der Waals surface area contributed by atoms with E-state index in [4.69, 9.17) is 16.3 Å². The number of nitrogens with one attached hydrogen (secondary N) is 1. The smallest absolute Gasteiger partial charge is 0.261 e. The van der Waals surface area contributed by atoms with Crippen LogP contribution in [0, 0.1) is 6.92 Å². The number of aryl methyl sites for hydroxylation is 1. The van der Waals surface area contributed by atoms with Crippen LogP contribution in [-0.4, -0.2) is 35.9 Å². The molecule has 0 bridgehead atoms. The van der Waals surface area contributed by atoms with Crippen molar-refractivity contribution in [3.63, 3.8) is 0 Å². The maximum atomic E-state index is 12.9. The molecule has 0 unspecified atom stereocenters. The lowest BCUT2D eigenvalue weighted by molar-refractivity contribution is -0.142. The average Bonchev–Trinajstić information content (AvgIpc) is 2.70. The van der Waals surface area contributed by atoms with Gasteiger partial charge in [-0.25, -0.2) is 0 Å². The molecule has 0 saturated carbocycles. The Morgan fingerprint density at radius 3 is 2.36 bits per heavy atom. The van der Waals surface area contributed by atoms with Crippen molar-refractivity contribution in [3.8, 4) is 5.75 Å².